The summed E-state index contributed by atoms with van der Waals surface area (Å²) < 4.78 is 0. The number of aryl methyl sites for hydroxylation is 2. The van der Waals surface area contributed by atoms with E-state index < -0.39 is 0 Å². The molecule has 0 bridgehead atoms. The van der Waals surface area contributed by atoms with Gasteiger partial charge in [-0.15, -0.1) is 12.4 Å². The molecule has 2 N–H and O–H groups in total. The van der Waals surface area contributed by atoms with Crippen LogP contribution in [0.2, 0.25) is 0 Å². The minimum atomic E-state index is 0. The molecule has 1 amide bonds. The predicted molar refractivity (Wildman–Crippen MR) is 89.7 cm³/mol. The lowest BCUT2D eigenvalue weighted by molar-refractivity contribution is -0.133. The fourth-order valence-corrected chi connectivity index (χ4v) is 2.93. The fraction of sp³-hybridized carbons (Fsp3) is 0.588. The van der Waals surface area contributed by atoms with E-state index in [9.17, 15) is 4.79 Å². The first-order valence-corrected chi connectivity index (χ1v) is 7.72. The van der Waals surface area contributed by atoms with Crippen LogP contribution in [0.15, 0.2) is 24.3 Å². The number of benzene rings is 1. The molecule has 2 rings (SSSR count). The molecule has 1 unspecified atom stereocenters. The first kappa shape index (κ1) is 18.0. The summed E-state index contributed by atoms with van der Waals surface area (Å²) in [4.78, 5) is 14.3. The summed E-state index contributed by atoms with van der Waals surface area (Å²) in [6.45, 7) is 4.65. The van der Waals surface area contributed by atoms with E-state index in [1.807, 2.05) is 4.90 Å². The number of amides is 1. The Bertz CT molecular complexity index is 431. The number of nitrogens with zero attached hydrogens (tertiary/aromatic N) is 1. The third-order valence-electron chi connectivity index (χ3n) is 4.19. The van der Waals surface area contributed by atoms with Crippen LogP contribution < -0.4 is 5.73 Å². The van der Waals surface area contributed by atoms with Gasteiger partial charge < -0.3 is 10.6 Å². The van der Waals surface area contributed by atoms with Gasteiger partial charge in [0.05, 0.1) is 0 Å². The summed E-state index contributed by atoms with van der Waals surface area (Å²) in [5, 5.41) is 0. The molecular formula is C17H27ClN2O. The van der Waals surface area contributed by atoms with E-state index in [1.165, 1.54) is 17.5 Å². The van der Waals surface area contributed by atoms with Gasteiger partial charge in [-0.25, -0.2) is 0 Å². The average Bonchev–Trinajstić information content (AvgIpc) is 2.47. The third kappa shape index (κ3) is 5.68. The number of nitrogens with two attached hydrogens (primary N) is 1. The second-order valence-corrected chi connectivity index (χ2v) is 5.91. The molecular weight excluding hydrogens is 284 g/mol. The van der Waals surface area contributed by atoms with E-state index in [0.717, 1.165) is 38.9 Å². The highest BCUT2D eigenvalue weighted by Gasteiger charge is 2.22. The number of carbonyl (C=O) groups is 1. The Morgan fingerprint density at radius 3 is 2.71 bits per heavy atom. The maximum atomic E-state index is 12.3. The van der Waals surface area contributed by atoms with Crippen LogP contribution in [-0.4, -0.2) is 30.4 Å². The number of halogens is 1. The third-order valence-corrected chi connectivity index (χ3v) is 4.19. The molecule has 21 heavy (non-hydrogen) atoms. The van der Waals surface area contributed by atoms with Crippen LogP contribution in [0.1, 0.15) is 36.8 Å². The summed E-state index contributed by atoms with van der Waals surface area (Å²) in [5.74, 6) is 0.907. The van der Waals surface area contributed by atoms with Gasteiger partial charge in [0.25, 0.3) is 0 Å². The molecule has 0 radical (unpaired) electrons. The topological polar surface area (TPSA) is 46.3 Å². The van der Waals surface area contributed by atoms with Gasteiger partial charge in [-0.2, -0.15) is 0 Å². The largest absolute Gasteiger partial charge is 0.342 e. The van der Waals surface area contributed by atoms with Crippen molar-refractivity contribution in [2.24, 2.45) is 11.7 Å². The van der Waals surface area contributed by atoms with E-state index in [4.69, 9.17) is 5.73 Å². The Hall–Kier alpha value is -1.06. The van der Waals surface area contributed by atoms with Crippen LogP contribution in [0, 0.1) is 12.8 Å². The monoisotopic (exact) mass is 310 g/mol. The number of hydrogen-bond acceptors (Lipinski definition) is 2. The van der Waals surface area contributed by atoms with Crippen molar-refractivity contribution in [1.82, 2.24) is 4.90 Å². The van der Waals surface area contributed by atoms with Crippen molar-refractivity contribution >= 4 is 18.3 Å². The van der Waals surface area contributed by atoms with Gasteiger partial charge in [0.2, 0.25) is 5.91 Å². The van der Waals surface area contributed by atoms with Crippen LogP contribution >= 0.6 is 12.4 Å². The number of piperidine rings is 1. The molecule has 1 atom stereocenters. The van der Waals surface area contributed by atoms with E-state index in [0.29, 0.717) is 18.2 Å². The van der Waals surface area contributed by atoms with Gasteiger partial charge in [-0.05, 0) is 50.6 Å². The maximum absolute atomic E-state index is 12.3. The highest BCUT2D eigenvalue weighted by atomic mass is 35.5. The van der Waals surface area contributed by atoms with Crippen molar-refractivity contribution in [2.45, 2.75) is 39.0 Å². The zero-order valence-corrected chi connectivity index (χ0v) is 13.7. The molecule has 0 aliphatic carbocycles. The molecule has 3 nitrogen and oxygen atoms in total. The van der Waals surface area contributed by atoms with Crippen LogP contribution in [-0.2, 0) is 11.2 Å². The first-order valence-electron chi connectivity index (χ1n) is 7.72. The van der Waals surface area contributed by atoms with Crippen LogP contribution in [0.3, 0.4) is 0 Å². The molecule has 118 valence electrons. The van der Waals surface area contributed by atoms with Crippen molar-refractivity contribution in [3.63, 3.8) is 0 Å². The van der Waals surface area contributed by atoms with Crippen molar-refractivity contribution < 1.29 is 4.79 Å². The second kappa shape index (κ2) is 9.06. The minimum Gasteiger partial charge on any atom is -0.342 e. The molecule has 1 aromatic carbocycles. The molecule has 0 saturated carbocycles. The van der Waals surface area contributed by atoms with Crippen molar-refractivity contribution in [3.8, 4) is 0 Å². The minimum absolute atomic E-state index is 0. The lowest BCUT2D eigenvalue weighted by atomic mass is 9.94. The molecule has 4 heteroatoms. The van der Waals surface area contributed by atoms with Crippen LogP contribution in [0.4, 0.5) is 0 Å². The molecule has 1 aliphatic rings. The van der Waals surface area contributed by atoms with Gasteiger partial charge >= 0.3 is 0 Å². The molecule has 0 aromatic heterocycles. The van der Waals surface area contributed by atoms with Gasteiger partial charge in [0.15, 0.2) is 0 Å². The van der Waals surface area contributed by atoms with Gasteiger partial charge in [-0.3, -0.25) is 4.79 Å². The molecule has 1 heterocycles. The second-order valence-electron chi connectivity index (χ2n) is 5.91. The molecule has 1 saturated heterocycles. The molecule has 0 spiro atoms. The Balaban J connectivity index is 0.00000220. The highest BCUT2D eigenvalue weighted by Crippen LogP contribution is 2.20. The standard InChI is InChI=1S/C17H26N2O.ClH/c1-14-4-6-15(7-5-14)8-9-17(20)19-12-2-3-16(13-19)10-11-18;/h4-7,16H,2-3,8-13,18H2,1H3;1H. The van der Waals surface area contributed by atoms with Crippen LogP contribution in [0.5, 0.6) is 0 Å². The summed E-state index contributed by atoms with van der Waals surface area (Å²) in [6, 6.07) is 8.46. The van der Waals surface area contributed by atoms with Crippen LogP contribution in [0.25, 0.3) is 0 Å². The fourth-order valence-electron chi connectivity index (χ4n) is 2.93. The smallest absolute Gasteiger partial charge is 0.222 e. The molecule has 1 aliphatic heterocycles. The lowest BCUT2D eigenvalue weighted by Crippen LogP contribution is -2.40. The Kier molecular flexibility index (Phi) is 7.76. The normalized spacial score (nSPS) is 18.2. The van der Waals surface area contributed by atoms with Gasteiger partial charge in [-0.1, -0.05) is 29.8 Å². The van der Waals surface area contributed by atoms with Gasteiger partial charge in [0, 0.05) is 19.5 Å². The zero-order valence-electron chi connectivity index (χ0n) is 12.9. The van der Waals surface area contributed by atoms with Crippen molar-refractivity contribution in [1.29, 1.82) is 0 Å². The average molecular weight is 311 g/mol. The Labute approximate surface area is 134 Å². The zero-order chi connectivity index (χ0) is 14.4. The predicted octanol–water partition coefficient (Wildman–Crippen LogP) is 2.94. The van der Waals surface area contributed by atoms with E-state index >= 15 is 0 Å². The SMILES string of the molecule is Cc1ccc(CCC(=O)N2CCCC(CCN)C2)cc1.Cl. The van der Waals surface area contributed by atoms with Gasteiger partial charge in [0.1, 0.15) is 0 Å². The summed E-state index contributed by atoms with van der Waals surface area (Å²) >= 11 is 0. The van der Waals surface area contributed by atoms with Crippen molar-refractivity contribution in [2.75, 3.05) is 19.6 Å². The van der Waals surface area contributed by atoms with Crippen molar-refractivity contribution in [3.05, 3.63) is 35.4 Å². The van der Waals surface area contributed by atoms with E-state index in [-0.39, 0.29) is 12.4 Å². The summed E-state index contributed by atoms with van der Waals surface area (Å²) in [7, 11) is 0. The summed E-state index contributed by atoms with van der Waals surface area (Å²) in [6.07, 6.45) is 4.86. The molecule has 1 fully saturated rings. The Morgan fingerprint density at radius 1 is 1.33 bits per heavy atom. The molecule has 1 aromatic rings. The first-order chi connectivity index (χ1) is 9.69. The number of likely N-dealkylation sites (tertiary alicyclic amines) is 1. The number of rotatable bonds is 5. The lowest BCUT2D eigenvalue weighted by Gasteiger charge is -2.32. The summed E-state index contributed by atoms with van der Waals surface area (Å²) in [5.41, 5.74) is 8.14. The number of hydrogen-bond donors (Lipinski definition) is 1. The maximum Gasteiger partial charge on any atom is 0.222 e. The van der Waals surface area contributed by atoms with E-state index in [2.05, 4.69) is 31.2 Å². The Morgan fingerprint density at radius 2 is 2.05 bits per heavy atom. The quantitative estimate of drug-likeness (QED) is 0.909. The van der Waals surface area contributed by atoms with E-state index in [1.54, 1.807) is 0 Å². The number of carbonyl (C=O) groups excluding carboxylic acids is 1. The highest BCUT2D eigenvalue weighted by molar-refractivity contribution is 5.85.